The minimum absolute atomic E-state index is 0. The van der Waals surface area contributed by atoms with Gasteiger partial charge < -0.3 is 9.13 Å². The van der Waals surface area contributed by atoms with Crippen LogP contribution in [0.3, 0.4) is 0 Å². The normalized spacial score (nSPS) is 10.4. The second kappa shape index (κ2) is 19.6. The summed E-state index contributed by atoms with van der Waals surface area (Å²) in [5.74, 6) is 1.37. The van der Waals surface area contributed by atoms with Crippen LogP contribution in [0.25, 0.3) is 11.6 Å². The summed E-state index contributed by atoms with van der Waals surface area (Å²) in [5, 5.41) is 4.28. The van der Waals surface area contributed by atoms with Crippen molar-refractivity contribution in [2.75, 3.05) is 0 Å². The topological polar surface area (TPSA) is 95.0 Å². The molecule has 8 aromatic rings. The van der Waals surface area contributed by atoms with Gasteiger partial charge in [0.25, 0.3) is 0 Å². The maximum atomic E-state index is 4.70. The van der Waals surface area contributed by atoms with Gasteiger partial charge in [0.1, 0.15) is 12.9 Å². The van der Waals surface area contributed by atoms with Crippen LogP contribution in [0.5, 0.6) is 0 Å². The maximum absolute atomic E-state index is 4.70. The van der Waals surface area contributed by atoms with Crippen LogP contribution < -0.4 is 9.25 Å². The Morgan fingerprint density at radius 2 is 1.30 bits per heavy atom. The number of hydrogen-bond donors (Lipinski definition) is 0. The van der Waals surface area contributed by atoms with Crippen molar-refractivity contribution in [2.45, 2.75) is 25.7 Å². The third kappa shape index (κ3) is 11.3. The van der Waals surface area contributed by atoms with Crippen molar-refractivity contribution in [1.29, 1.82) is 0 Å². The molecule has 5 heterocycles. The predicted octanol–water partition coefficient (Wildman–Crippen LogP) is 4.53. The summed E-state index contributed by atoms with van der Waals surface area (Å²) in [6.07, 6.45) is 19.1. The zero-order valence-corrected chi connectivity index (χ0v) is 32.7. The van der Waals surface area contributed by atoms with Crippen LogP contribution in [0.15, 0.2) is 134 Å². The molecule has 0 saturated heterocycles. The fourth-order valence-electron chi connectivity index (χ4n) is 5.56. The molecule has 12 heteroatoms. The van der Waals surface area contributed by atoms with E-state index >= 15 is 0 Å². The van der Waals surface area contributed by atoms with Crippen molar-refractivity contribution >= 4 is 0 Å². The number of hydrogen-bond acceptors (Lipinski definition) is 6. The predicted molar refractivity (Wildman–Crippen MR) is 193 cm³/mol. The van der Waals surface area contributed by atoms with Crippen LogP contribution in [0.2, 0.25) is 0 Å². The zero-order valence-electron chi connectivity index (χ0n) is 29.6. The van der Waals surface area contributed by atoms with Gasteiger partial charge in [-0.15, -0.1) is 4.68 Å². The average Bonchev–Trinajstić information content (AvgIpc) is 3.81. The van der Waals surface area contributed by atoms with Crippen molar-refractivity contribution in [3.63, 3.8) is 0 Å². The molecular formula is C42H36N10Pd2-2. The Balaban J connectivity index is 0.000000200. The minimum Gasteiger partial charge on any atom is -0.348 e. The van der Waals surface area contributed by atoms with Gasteiger partial charge in [-0.1, -0.05) is 16.4 Å². The first kappa shape index (κ1) is 39.8. The van der Waals surface area contributed by atoms with Gasteiger partial charge in [-0.2, -0.15) is 111 Å². The molecule has 10 nitrogen and oxygen atoms in total. The molecule has 0 atom stereocenters. The SMILES string of the molecule is C[n+]1[c-]n(-c2[c-]c(Cc3ccnc(Cc4[c-]cccc4)n3)ccc2)cc1.C[n+]1ccn(-c2nccc(Cc3[c-]c(Cc4ccccn4)ccc3)n2)n1.[Pd].[Pd]. The summed E-state index contributed by atoms with van der Waals surface area (Å²) in [6.45, 7) is 0. The second-order valence-electron chi connectivity index (χ2n) is 12.2. The first-order valence-corrected chi connectivity index (χ1v) is 16.9. The van der Waals surface area contributed by atoms with Crippen molar-refractivity contribution in [3.05, 3.63) is 204 Å². The van der Waals surface area contributed by atoms with Gasteiger partial charge in [-0.3, -0.25) is 4.98 Å². The van der Waals surface area contributed by atoms with Crippen LogP contribution in [-0.4, -0.2) is 39.4 Å². The van der Waals surface area contributed by atoms with Crippen LogP contribution in [0, 0.1) is 24.5 Å². The van der Waals surface area contributed by atoms with E-state index in [1.165, 1.54) is 0 Å². The van der Waals surface area contributed by atoms with E-state index < -0.39 is 0 Å². The summed E-state index contributed by atoms with van der Waals surface area (Å²) in [7, 11) is 3.81. The van der Waals surface area contributed by atoms with E-state index in [1.807, 2.05) is 127 Å². The van der Waals surface area contributed by atoms with E-state index in [9.17, 15) is 0 Å². The number of pyridine rings is 1. The molecule has 0 amide bonds. The fourth-order valence-corrected chi connectivity index (χ4v) is 5.56. The van der Waals surface area contributed by atoms with Crippen LogP contribution >= 0.6 is 0 Å². The smallest absolute Gasteiger partial charge is 0.347 e. The van der Waals surface area contributed by atoms with Gasteiger partial charge in [0, 0.05) is 89.6 Å². The molecule has 0 aliphatic heterocycles. The Bertz CT molecular complexity index is 2190. The number of aryl methyl sites for hydroxylation is 2. The average molecular weight is 894 g/mol. The molecule has 0 N–H and O–H groups in total. The summed E-state index contributed by atoms with van der Waals surface area (Å²) in [4.78, 5) is 22.4. The van der Waals surface area contributed by atoms with E-state index in [1.54, 1.807) is 15.6 Å². The number of aromatic nitrogens is 10. The molecule has 0 unspecified atom stereocenters. The molecule has 0 aliphatic carbocycles. The molecule has 0 aliphatic rings. The van der Waals surface area contributed by atoms with E-state index in [0.29, 0.717) is 18.8 Å². The van der Waals surface area contributed by atoms with E-state index in [0.717, 1.165) is 63.7 Å². The van der Waals surface area contributed by atoms with Crippen LogP contribution in [-0.2, 0) is 80.6 Å². The van der Waals surface area contributed by atoms with Crippen molar-refractivity contribution in [1.82, 2.24) is 39.4 Å². The first-order chi connectivity index (χ1) is 25.5. The van der Waals surface area contributed by atoms with E-state index in [-0.39, 0.29) is 40.8 Å². The van der Waals surface area contributed by atoms with Gasteiger partial charge in [-0.05, 0) is 43.5 Å². The van der Waals surface area contributed by atoms with Crippen molar-refractivity contribution < 1.29 is 50.1 Å². The van der Waals surface area contributed by atoms with Crippen LogP contribution in [0.1, 0.15) is 45.2 Å². The summed E-state index contributed by atoms with van der Waals surface area (Å²) >= 11 is 0. The molecule has 8 rings (SSSR count). The van der Waals surface area contributed by atoms with Crippen molar-refractivity contribution in [3.8, 4) is 11.6 Å². The Morgan fingerprint density at radius 1 is 0.593 bits per heavy atom. The molecule has 0 fully saturated rings. The van der Waals surface area contributed by atoms with E-state index in [4.69, 9.17) is 4.98 Å². The molecule has 54 heavy (non-hydrogen) atoms. The second-order valence-corrected chi connectivity index (χ2v) is 12.2. The monoisotopic (exact) mass is 892 g/mol. The van der Waals surface area contributed by atoms with Crippen molar-refractivity contribution in [2.24, 2.45) is 14.1 Å². The molecule has 0 saturated carbocycles. The quantitative estimate of drug-likeness (QED) is 0.114. The number of imidazole rings is 1. The molecule has 276 valence electrons. The Labute approximate surface area is 343 Å². The first-order valence-electron chi connectivity index (χ1n) is 16.9. The number of benzene rings is 3. The molecule has 3 aromatic carbocycles. The molecule has 5 aromatic heterocycles. The molecule has 0 radical (unpaired) electrons. The summed E-state index contributed by atoms with van der Waals surface area (Å²) in [5.41, 5.74) is 8.31. The largest absolute Gasteiger partial charge is 0.348 e. The van der Waals surface area contributed by atoms with Gasteiger partial charge in [0.05, 0.1) is 18.0 Å². The third-order valence-corrected chi connectivity index (χ3v) is 8.01. The fraction of sp³-hybridized carbons (Fsp3) is 0.143. The summed E-state index contributed by atoms with van der Waals surface area (Å²) in [6, 6.07) is 40.2. The molecule has 0 spiro atoms. The third-order valence-electron chi connectivity index (χ3n) is 8.01. The zero-order chi connectivity index (χ0) is 35.5. The van der Waals surface area contributed by atoms with Gasteiger partial charge in [0.2, 0.25) is 6.33 Å². The van der Waals surface area contributed by atoms with Gasteiger partial charge in [-0.25, -0.2) is 9.97 Å². The van der Waals surface area contributed by atoms with Crippen LogP contribution in [0.4, 0.5) is 0 Å². The Morgan fingerprint density at radius 3 is 1.98 bits per heavy atom. The van der Waals surface area contributed by atoms with Gasteiger partial charge in [0.15, 0.2) is 12.4 Å². The summed E-state index contributed by atoms with van der Waals surface area (Å²) < 4.78 is 7.19. The van der Waals surface area contributed by atoms with Gasteiger partial charge >= 0.3 is 5.95 Å². The molecule has 0 bridgehead atoms. The maximum Gasteiger partial charge on any atom is 0.347 e. The van der Waals surface area contributed by atoms with E-state index in [2.05, 4.69) is 73.9 Å². The minimum atomic E-state index is 0. The Kier molecular flexibility index (Phi) is 14.5. The Hall–Kier alpha value is -5.36. The molecular weight excluding hydrogens is 857 g/mol. The number of nitrogens with zero attached hydrogens (tertiary/aromatic N) is 10. The number of rotatable bonds is 10. The standard InChI is InChI=1S/C22H18N4.C20H18N6.2Pd/c1-25-12-13-26(17-25)21-9-5-8-19(15-21)14-20-10-11-23-22(24-20)16-18-6-3-2-4-7-18;1-25-11-12-26(24-25)20-22-10-8-19(23-20)15-17-6-4-5-16(13-17)14-18-7-2-3-9-21-18;;/h2-6,8-13H,14,16H2,1H3;2-12H,14-15H2,1H3;;/q-2;;;.